The molecule has 0 radical (unpaired) electrons. The lowest BCUT2D eigenvalue weighted by molar-refractivity contribution is 0.445. The summed E-state index contributed by atoms with van der Waals surface area (Å²) in [5.74, 6) is 0. The number of rotatable bonds is 2. The summed E-state index contributed by atoms with van der Waals surface area (Å²) < 4.78 is 5.19. The van der Waals surface area contributed by atoms with E-state index in [0.29, 0.717) is 0 Å². The Morgan fingerprint density at radius 3 is 2.92 bits per heavy atom. The zero-order chi connectivity index (χ0) is 9.68. The van der Waals surface area contributed by atoms with Gasteiger partial charge >= 0.3 is 7.48 Å². The largest absolute Gasteiger partial charge is 0.437 e. The SMILES string of the molecule is COB/C1=C(\C)C(C)=C=CCCC1. The van der Waals surface area contributed by atoms with Crippen molar-refractivity contribution in [2.24, 2.45) is 0 Å². The predicted octanol–water partition coefficient (Wildman–Crippen LogP) is 2.54. The summed E-state index contributed by atoms with van der Waals surface area (Å²) in [4.78, 5) is 0. The van der Waals surface area contributed by atoms with Crippen LogP contribution in [0.15, 0.2) is 28.4 Å². The van der Waals surface area contributed by atoms with Crippen molar-refractivity contribution in [2.45, 2.75) is 33.1 Å². The Morgan fingerprint density at radius 1 is 1.46 bits per heavy atom. The molecule has 0 heterocycles. The van der Waals surface area contributed by atoms with E-state index in [9.17, 15) is 0 Å². The van der Waals surface area contributed by atoms with Crippen molar-refractivity contribution in [3.8, 4) is 0 Å². The molecule has 70 valence electrons. The van der Waals surface area contributed by atoms with Gasteiger partial charge in [0.1, 0.15) is 0 Å². The average molecular weight is 176 g/mol. The van der Waals surface area contributed by atoms with E-state index in [1.165, 1.54) is 23.0 Å². The summed E-state index contributed by atoms with van der Waals surface area (Å²) in [5.41, 5.74) is 7.35. The normalized spacial score (nSPS) is 23.5. The van der Waals surface area contributed by atoms with Crippen molar-refractivity contribution in [1.82, 2.24) is 0 Å². The lowest BCUT2D eigenvalue weighted by Crippen LogP contribution is -2.04. The van der Waals surface area contributed by atoms with Crippen LogP contribution in [-0.2, 0) is 4.65 Å². The Balaban J connectivity index is 2.93. The van der Waals surface area contributed by atoms with E-state index in [4.69, 9.17) is 4.65 Å². The lowest BCUT2D eigenvalue weighted by Gasteiger charge is -2.11. The lowest BCUT2D eigenvalue weighted by atomic mass is 9.78. The Morgan fingerprint density at radius 2 is 2.23 bits per heavy atom. The van der Waals surface area contributed by atoms with Gasteiger partial charge in [0.15, 0.2) is 0 Å². The van der Waals surface area contributed by atoms with Crippen LogP contribution < -0.4 is 0 Å². The van der Waals surface area contributed by atoms with Crippen LogP contribution >= 0.6 is 0 Å². The van der Waals surface area contributed by atoms with Crippen molar-refractivity contribution in [3.63, 3.8) is 0 Å². The van der Waals surface area contributed by atoms with E-state index in [0.717, 1.165) is 20.3 Å². The standard InChI is InChI=1S/C11H17BO/c1-9-7-5-4-6-8-11(10(9)2)12-13-3/h5,12H,4,6,8H2,1-3H3/b11-10+. The number of allylic oxidation sites excluding steroid dienone is 3. The van der Waals surface area contributed by atoms with Gasteiger partial charge in [-0.05, 0) is 50.3 Å². The van der Waals surface area contributed by atoms with Gasteiger partial charge in [-0.3, -0.25) is 0 Å². The molecule has 0 N–H and O–H groups in total. The molecule has 0 aliphatic heterocycles. The summed E-state index contributed by atoms with van der Waals surface area (Å²) in [6.45, 7) is 4.28. The van der Waals surface area contributed by atoms with Crippen molar-refractivity contribution in [2.75, 3.05) is 7.11 Å². The summed E-state index contributed by atoms with van der Waals surface area (Å²) in [7, 11) is 2.53. The minimum Gasteiger partial charge on any atom is -0.437 e. The van der Waals surface area contributed by atoms with Gasteiger partial charge in [0.2, 0.25) is 0 Å². The van der Waals surface area contributed by atoms with Crippen LogP contribution in [0.25, 0.3) is 0 Å². The summed E-state index contributed by atoms with van der Waals surface area (Å²) in [5, 5.41) is 0. The molecule has 1 rings (SSSR count). The van der Waals surface area contributed by atoms with Gasteiger partial charge in [-0.2, -0.15) is 0 Å². The van der Waals surface area contributed by atoms with Crippen molar-refractivity contribution in [1.29, 1.82) is 0 Å². The van der Waals surface area contributed by atoms with Gasteiger partial charge in [-0.15, -0.1) is 5.73 Å². The van der Waals surface area contributed by atoms with Gasteiger partial charge < -0.3 is 4.65 Å². The Labute approximate surface area is 81.4 Å². The topological polar surface area (TPSA) is 9.23 Å². The molecule has 0 atom stereocenters. The summed E-state index contributed by atoms with van der Waals surface area (Å²) in [6.07, 6.45) is 5.66. The minimum absolute atomic E-state index is 0.769. The number of hydrogen-bond donors (Lipinski definition) is 0. The van der Waals surface area contributed by atoms with Crippen LogP contribution in [0.3, 0.4) is 0 Å². The van der Waals surface area contributed by atoms with Gasteiger partial charge in [0.05, 0.1) is 0 Å². The molecule has 0 aromatic rings. The molecule has 0 saturated heterocycles. The fraction of sp³-hybridized carbons (Fsp3) is 0.545. The molecule has 0 aromatic carbocycles. The molecule has 13 heavy (non-hydrogen) atoms. The third kappa shape index (κ3) is 2.91. The zero-order valence-electron chi connectivity index (χ0n) is 8.81. The third-order valence-corrected chi connectivity index (χ3v) is 2.56. The van der Waals surface area contributed by atoms with Crippen LogP contribution in [0.4, 0.5) is 0 Å². The first-order valence-electron chi connectivity index (χ1n) is 4.85. The maximum Gasteiger partial charge on any atom is 0.304 e. The molecule has 0 saturated carbocycles. The predicted molar refractivity (Wildman–Crippen MR) is 58.0 cm³/mol. The molecule has 0 aromatic heterocycles. The van der Waals surface area contributed by atoms with Crippen molar-refractivity contribution in [3.05, 3.63) is 28.4 Å². The molecule has 0 spiro atoms. The first-order valence-corrected chi connectivity index (χ1v) is 4.85. The molecule has 2 heteroatoms. The molecule has 0 amide bonds. The van der Waals surface area contributed by atoms with E-state index in [1.807, 2.05) is 0 Å². The molecular formula is C11H17BO. The van der Waals surface area contributed by atoms with Crippen molar-refractivity contribution < 1.29 is 4.65 Å². The first-order chi connectivity index (χ1) is 6.25. The summed E-state index contributed by atoms with van der Waals surface area (Å²) >= 11 is 0. The van der Waals surface area contributed by atoms with E-state index < -0.39 is 0 Å². The fourth-order valence-corrected chi connectivity index (χ4v) is 1.56. The molecule has 1 aliphatic rings. The Hall–Kier alpha value is -0.715. The van der Waals surface area contributed by atoms with Crippen molar-refractivity contribution >= 4 is 7.48 Å². The molecule has 0 bridgehead atoms. The molecule has 0 fully saturated rings. The highest BCUT2D eigenvalue weighted by Crippen LogP contribution is 2.19. The van der Waals surface area contributed by atoms with E-state index >= 15 is 0 Å². The monoisotopic (exact) mass is 176 g/mol. The maximum absolute atomic E-state index is 5.19. The smallest absolute Gasteiger partial charge is 0.304 e. The second kappa shape index (κ2) is 5.11. The Kier molecular flexibility index (Phi) is 4.07. The van der Waals surface area contributed by atoms with E-state index in [1.54, 1.807) is 7.11 Å². The highest BCUT2D eigenvalue weighted by atomic mass is 16.4. The van der Waals surface area contributed by atoms with Crippen LogP contribution in [-0.4, -0.2) is 14.6 Å². The second-order valence-corrected chi connectivity index (χ2v) is 3.53. The minimum atomic E-state index is 0.769. The molecule has 1 aliphatic carbocycles. The Bertz CT molecular complexity index is 270. The van der Waals surface area contributed by atoms with Gasteiger partial charge in [0.25, 0.3) is 0 Å². The highest BCUT2D eigenvalue weighted by Gasteiger charge is 2.07. The van der Waals surface area contributed by atoms with Crippen LogP contribution in [0.2, 0.25) is 0 Å². The quantitative estimate of drug-likeness (QED) is 0.464. The van der Waals surface area contributed by atoms with Crippen LogP contribution in [0.1, 0.15) is 33.1 Å². The zero-order valence-corrected chi connectivity index (χ0v) is 8.81. The van der Waals surface area contributed by atoms with Crippen LogP contribution in [0.5, 0.6) is 0 Å². The number of hydrogen-bond acceptors (Lipinski definition) is 1. The van der Waals surface area contributed by atoms with Gasteiger partial charge in [-0.25, -0.2) is 0 Å². The summed E-state index contributed by atoms with van der Waals surface area (Å²) in [6, 6.07) is 0. The van der Waals surface area contributed by atoms with E-state index in [-0.39, 0.29) is 0 Å². The second-order valence-electron chi connectivity index (χ2n) is 3.53. The molecule has 0 unspecified atom stereocenters. The molecule has 1 nitrogen and oxygen atoms in total. The maximum atomic E-state index is 5.19. The molecular weight excluding hydrogens is 159 g/mol. The highest BCUT2D eigenvalue weighted by molar-refractivity contribution is 6.38. The van der Waals surface area contributed by atoms with E-state index in [2.05, 4.69) is 25.7 Å². The van der Waals surface area contributed by atoms with Gasteiger partial charge in [-0.1, -0.05) is 5.47 Å². The van der Waals surface area contributed by atoms with Crippen LogP contribution in [0, 0.1) is 0 Å². The van der Waals surface area contributed by atoms with Gasteiger partial charge in [0, 0.05) is 7.11 Å². The fourth-order valence-electron chi connectivity index (χ4n) is 1.56. The average Bonchev–Trinajstić information content (AvgIpc) is 2.12. The third-order valence-electron chi connectivity index (χ3n) is 2.56. The first kappa shape index (κ1) is 10.4.